The Bertz CT molecular complexity index is 415. The van der Waals surface area contributed by atoms with Gasteiger partial charge in [0.2, 0.25) is 10.0 Å². The first-order chi connectivity index (χ1) is 7.93. The average Bonchev–Trinajstić information content (AvgIpc) is 2.65. The highest BCUT2D eigenvalue weighted by molar-refractivity contribution is 7.89. The van der Waals surface area contributed by atoms with Gasteiger partial charge < -0.3 is 9.47 Å². The van der Waals surface area contributed by atoms with E-state index >= 15 is 0 Å². The number of rotatable bonds is 2. The normalized spacial score (nSPS) is 38.0. The zero-order chi connectivity index (χ0) is 12.3. The molecule has 3 heterocycles. The number of nitrogens with zero attached hydrogens (tertiary/aromatic N) is 1. The molecule has 98 valence electrons. The fourth-order valence-corrected chi connectivity index (χ4v) is 5.08. The zero-order valence-corrected chi connectivity index (χ0v) is 11.1. The maximum absolute atomic E-state index is 12.4. The van der Waals surface area contributed by atoms with Gasteiger partial charge in [0.1, 0.15) is 5.25 Å². The number of fused-ring (bicyclic) bond motifs is 1. The van der Waals surface area contributed by atoms with Gasteiger partial charge in [0, 0.05) is 12.5 Å². The standard InChI is InChI=1S/C11H19NO4S/c1-11(2)7-12(10-6-16-5-9(10)11)17(13,14)8-3-15-4-8/h8-10H,3-7H2,1-2H3/t9-,10+/m0/s1. The average molecular weight is 261 g/mol. The molecule has 3 aliphatic rings. The molecular formula is C11H19NO4S. The highest BCUT2D eigenvalue weighted by atomic mass is 32.2. The molecule has 0 aromatic heterocycles. The van der Waals surface area contributed by atoms with Crippen molar-refractivity contribution in [1.82, 2.24) is 4.31 Å². The van der Waals surface area contributed by atoms with Crippen molar-refractivity contribution in [3.63, 3.8) is 0 Å². The molecule has 17 heavy (non-hydrogen) atoms. The monoisotopic (exact) mass is 261 g/mol. The lowest BCUT2D eigenvalue weighted by atomic mass is 9.80. The van der Waals surface area contributed by atoms with Crippen LogP contribution in [0.5, 0.6) is 0 Å². The molecule has 0 spiro atoms. The fourth-order valence-electron chi connectivity index (χ4n) is 3.07. The van der Waals surface area contributed by atoms with Crippen molar-refractivity contribution >= 4 is 10.0 Å². The highest BCUT2D eigenvalue weighted by Crippen LogP contribution is 2.45. The molecule has 0 aromatic carbocycles. The van der Waals surface area contributed by atoms with Crippen molar-refractivity contribution in [2.45, 2.75) is 25.1 Å². The molecule has 5 nitrogen and oxygen atoms in total. The Balaban J connectivity index is 1.89. The van der Waals surface area contributed by atoms with Crippen LogP contribution in [0.2, 0.25) is 0 Å². The van der Waals surface area contributed by atoms with E-state index < -0.39 is 10.0 Å². The summed E-state index contributed by atoms with van der Waals surface area (Å²) in [6, 6.07) is 0.0376. The maximum Gasteiger partial charge on any atom is 0.221 e. The van der Waals surface area contributed by atoms with E-state index in [4.69, 9.17) is 9.47 Å². The van der Waals surface area contributed by atoms with Crippen molar-refractivity contribution in [2.75, 3.05) is 33.0 Å². The SMILES string of the molecule is CC1(C)CN(S(=O)(=O)C2COC2)[C@@H]2COC[C@@H]21. The Morgan fingerprint density at radius 1 is 1.12 bits per heavy atom. The molecule has 3 saturated heterocycles. The second-order valence-corrected chi connectivity index (χ2v) is 8.12. The molecule has 0 N–H and O–H groups in total. The third-order valence-corrected chi connectivity index (χ3v) is 6.51. The second kappa shape index (κ2) is 3.66. The number of sulfonamides is 1. The second-order valence-electron chi connectivity index (χ2n) is 5.95. The van der Waals surface area contributed by atoms with Crippen LogP contribution in [-0.2, 0) is 19.5 Å². The summed E-state index contributed by atoms with van der Waals surface area (Å²) in [6.45, 7) is 6.80. The van der Waals surface area contributed by atoms with E-state index in [-0.39, 0.29) is 16.7 Å². The summed E-state index contributed by atoms with van der Waals surface area (Å²) in [5.41, 5.74) is 0.0127. The van der Waals surface area contributed by atoms with Gasteiger partial charge in [-0.15, -0.1) is 0 Å². The minimum Gasteiger partial charge on any atom is -0.379 e. The summed E-state index contributed by atoms with van der Waals surface area (Å²) in [6.07, 6.45) is 0. The number of ether oxygens (including phenoxy) is 2. The molecule has 0 saturated carbocycles. The third-order valence-electron chi connectivity index (χ3n) is 4.34. The van der Waals surface area contributed by atoms with Crippen molar-refractivity contribution in [1.29, 1.82) is 0 Å². The Labute approximate surface area is 102 Å². The van der Waals surface area contributed by atoms with Gasteiger partial charge >= 0.3 is 0 Å². The first kappa shape index (κ1) is 11.9. The Morgan fingerprint density at radius 3 is 2.35 bits per heavy atom. The first-order valence-electron chi connectivity index (χ1n) is 6.09. The van der Waals surface area contributed by atoms with Crippen LogP contribution in [0.3, 0.4) is 0 Å². The quantitative estimate of drug-likeness (QED) is 0.706. The third kappa shape index (κ3) is 1.65. The molecule has 6 heteroatoms. The van der Waals surface area contributed by atoms with E-state index in [1.165, 1.54) is 0 Å². The van der Waals surface area contributed by atoms with Crippen molar-refractivity contribution < 1.29 is 17.9 Å². The smallest absolute Gasteiger partial charge is 0.221 e. The molecule has 3 rings (SSSR count). The molecule has 0 unspecified atom stereocenters. The predicted molar refractivity (Wildman–Crippen MR) is 62.1 cm³/mol. The highest BCUT2D eigenvalue weighted by Gasteiger charge is 2.55. The van der Waals surface area contributed by atoms with E-state index in [9.17, 15) is 8.42 Å². The Morgan fingerprint density at radius 2 is 1.76 bits per heavy atom. The number of hydrogen-bond donors (Lipinski definition) is 0. The molecule has 0 radical (unpaired) electrons. The summed E-state index contributed by atoms with van der Waals surface area (Å²) in [5.74, 6) is 0.332. The minimum atomic E-state index is -3.20. The zero-order valence-electron chi connectivity index (χ0n) is 10.3. The topological polar surface area (TPSA) is 55.8 Å². The van der Waals surface area contributed by atoms with Crippen LogP contribution in [-0.4, -0.2) is 57.0 Å². The van der Waals surface area contributed by atoms with Gasteiger partial charge in [-0.3, -0.25) is 0 Å². The lowest BCUT2D eigenvalue weighted by Crippen LogP contribution is -2.51. The first-order valence-corrected chi connectivity index (χ1v) is 7.59. The van der Waals surface area contributed by atoms with Crippen molar-refractivity contribution in [3.05, 3.63) is 0 Å². The van der Waals surface area contributed by atoms with Crippen LogP contribution in [0, 0.1) is 11.3 Å². The van der Waals surface area contributed by atoms with E-state index in [1.807, 2.05) is 0 Å². The van der Waals surface area contributed by atoms with Crippen LogP contribution in [0.15, 0.2) is 0 Å². The van der Waals surface area contributed by atoms with Crippen LogP contribution in [0.4, 0.5) is 0 Å². The van der Waals surface area contributed by atoms with Crippen LogP contribution in [0.1, 0.15) is 13.8 Å². The molecule has 0 aliphatic carbocycles. The maximum atomic E-state index is 12.4. The summed E-state index contributed by atoms with van der Waals surface area (Å²) in [4.78, 5) is 0. The van der Waals surface area contributed by atoms with Crippen LogP contribution in [0.25, 0.3) is 0 Å². The van der Waals surface area contributed by atoms with Crippen LogP contribution >= 0.6 is 0 Å². The fraction of sp³-hybridized carbons (Fsp3) is 1.00. The van der Waals surface area contributed by atoms with Gasteiger partial charge in [-0.25, -0.2) is 8.42 Å². The van der Waals surface area contributed by atoms with Crippen molar-refractivity contribution in [3.8, 4) is 0 Å². The van der Waals surface area contributed by atoms with Gasteiger partial charge in [0.05, 0.1) is 32.5 Å². The molecular weight excluding hydrogens is 242 g/mol. The van der Waals surface area contributed by atoms with E-state index in [0.29, 0.717) is 38.9 Å². The molecule has 0 bridgehead atoms. The Kier molecular flexibility index (Phi) is 2.56. The molecule has 2 atom stereocenters. The summed E-state index contributed by atoms with van der Waals surface area (Å²) >= 11 is 0. The van der Waals surface area contributed by atoms with E-state index in [0.717, 1.165) is 0 Å². The Hall–Kier alpha value is -0.170. The van der Waals surface area contributed by atoms with E-state index in [2.05, 4.69) is 13.8 Å². The van der Waals surface area contributed by atoms with Crippen LogP contribution < -0.4 is 0 Å². The van der Waals surface area contributed by atoms with Gasteiger partial charge in [-0.1, -0.05) is 13.8 Å². The summed E-state index contributed by atoms with van der Waals surface area (Å²) in [5, 5.41) is -0.336. The van der Waals surface area contributed by atoms with Gasteiger partial charge in [-0.2, -0.15) is 4.31 Å². The lowest BCUT2D eigenvalue weighted by molar-refractivity contribution is 0.0384. The molecule has 3 aliphatic heterocycles. The van der Waals surface area contributed by atoms with Gasteiger partial charge in [0.15, 0.2) is 0 Å². The molecule has 0 aromatic rings. The minimum absolute atomic E-state index is 0.0127. The molecule has 0 amide bonds. The van der Waals surface area contributed by atoms with E-state index in [1.54, 1.807) is 4.31 Å². The van der Waals surface area contributed by atoms with Gasteiger partial charge in [0.25, 0.3) is 0 Å². The predicted octanol–water partition coefficient (Wildman–Crippen LogP) is 0.0718. The summed E-state index contributed by atoms with van der Waals surface area (Å²) < 4.78 is 37.0. The largest absolute Gasteiger partial charge is 0.379 e. The molecule has 3 fully saturated rings. The van der Waals surface area contributed by atoms with Crippen molar-refractivity contribution in [2.24, 2.45) is 11.3 Å². The van der Waals surface area contributed by atoms with Gasteiger partial charge in [-0.05, 0) is 5.41 Å². The number of hydrogen-bond acceptors (Lipinski definition) is 4. The lowest BCUT2D eigenvalue weighted by Gasteiger charge is -2.32. The summed E-state index contributed by atoms with van der Waals surface area (Å²) in [7, 11) is -3.20.